The summed E-state index contributed by atoms with van der Waals surface area (Å²) in [5.74, 6) is 0.163. The van der Waals surface area contributed by atoms with Crippen molar-refractivity contribution in [3.8, 4) is 0 Å². The second-order valence-electron chi connectivity index (χ2n) is 2.36. The number of β-lactam (4-membered cyclic amide) rings is 1. The molecule has 3 heteroatoms. The number of hydrogen-bond donors (Lipinski definition) is 1. The molecule has 1 unspecified atom stereocenters. The molecule has 9 heavy (non-hydrogen) atoms. The van der Waals surface area contributed by atoms with Gasteiger partial charge in [0.2, 0.25) is 5.91 Å². The summed E-state index contributed by atoms with van der Waals surface area (Å²) in [7, 11) is 0. The number of amides is 1. The van der Waals surface area contributed by atoms with Crippen LogP contribution in [0.4, 0.5) is 0 Å². The molecule has 0 aromatic carbocycles. The van der Waals surface area contributed by atoms with Crippen LogP contribution in [0, 0.1) is 0 Å². The second kappa shape index (κ2) is 2.35. The summed E-state index contributed by atoms with van der Waals surface area (Å²) in [6.45, 7) is 2.56. The summed E-state index contributed by atoms with van der Waals surface area (Å²) in [5.41, 5.74) is 0. The van der Waals surface area contributed by atoms with Crippen LogP contribution in [-0.2, 0) is 4.79 Å². The van der Waals surface area contributed by atoms with E-state index in [1.54, 1.807) is 4.90 Å². The first-order chi connectivity index (χ1) is 4.25. The molecule has 1 rings (SSSR count). The molecule has 0 aromatic heterocycles. The lowest BCUT2D eigenvalue weighted by atomic mass is 10.1. The maximum absolute atomic E-state index is 10.6. The van der Waals surface area contributed by atoms with Crippen LogP contribution in [0.3, 0.4) is 0 Å². The minimum absolute atomic E-state index is 0.0794. The van der Waals surface area contributed by atoms with Gasteiger partial charge in [0, 0.05) is 19.0 Å². The Labute approximate surface area is 54.3 Å². The Bertz CT molecular complexity index is 124. The van der Waals surface area contributed by atoms with E-state index in [0.29, 0.717) is 19.0 Å². The number of carbonyl (C=O) groups excluding carboxylic acids is 1. The summed E-state index contributed by atoms with van der Waals surface area (Å²) in [6, 6.07) is 0.352. The minimum Gasteiger partial charge on any atom is -0.395 e. The molecule has 0 spiro atoms. The van der Waals surface area contributed by atoms with Gasteiger partial charge >= 0.3 is 0 Å². The van der Waals surface area contributed by atoms with Crippen LogP contribution >= 0.6 is 0 Å². The second-order valence-corrected chi connectivity index (χ2v) is 2.36. The van der Waals surface area contributed by atoms with Crippen LogP contribution in [0.5, 0.6) is 0 Å². The van der Waals surface area contributed by atoms with Gasteiger partial charge in [-0.2, -0.15) is 0 Å². The number of β-amino-alcohol motifs (C(OH)–C–C–N with tert-alkyl or cyclic N) is 1. The highest BCUT2D eigenvalue weighted by Crippen LogP contribution is 2.16. The topological polar surface area (TPSA) is 40.5 Å². The van der Waals surface area contributed by atoms with E-state index in [4.69, 9.17) is 5.11 Å². The van der Waals surface area contributed by atoms with Crippen molar-refractivity contribution >= 4 is 5.91 Å². The van der Waals surface area contributed by atoms with Crippen molar-refractivity contribution in [1.82, 2.24) is 4.90 Å². The molecule has 0 aliphatic carbocycles. The van der Waals surface area contributed by atoms with Gasteiger partial charge in [0.05, 0.1) is 6.61 Å². The Hall–Kier alpha value is -0.570. The van der Waals surface area contributed by atoms with Crippen LogP contribution < -0.4 is 0 Å². The highest BCUT2D eigenvalue weighted by Gasteiger charge is 2.30. The Kier molecular flexibility index (Phi) is 1.71. The molecule has 1 aliphatic rings. The number of aliphatic hydroxyl groups excluding tert-OH is 1. The van der Waals surface area contributed by atoms with Gasteiger partial charge in [0.25, 0.3) is 0 Å². The Balaban J connectivity index is 2.30. The van der Waals surface area contributed by atoms with Crippen molar-refractivity contribution in [2.24, 2.45) is 0 Å². The van der Waals surface area contributed by atoms with Crippen molar-refractivity contribution in [1.29, 1.82) is 0 Å². The fraction of sp³-hybridized carbons (Fsp3) is 0.833. The van der Waals surface area contributed by atoms with Crippen molar-refractivity contribution in [3.63, 3.8) is 0 Å². The molecule has 1 amide bonds. The third kappa shape index (κ3) is 1.05. The fourth-order valence-electron chi connectivity index (χ4n) is 1.07. The molecule has 1 N–H and O–H groups in total. The normalized spacial score (nSPS) is 26.2. The third-order valence-corrected chi connectivity index (χ3v) is 1.66. The maximum Gasteiger partial charge on any atom is 0.224 e. The van der Waals surface area contributed by atoms with Gasteiger partial charge in [0.1, 0.15) is 0 Å². The smallest absolute Gasteiger partial charge is 0.224 e. The first kappa shape index (κ1) is 6.55. The predicted octanol–water partition coefficient (Wildman–Crippen LogP) is -0.401. The molecule has 52 valence electrons. The first-order valence-corrected chi connectivity index (χ1v) is 3.16. The van der Waals surface area contributed by atoms with Gasteiger partial charge in [-0.05, 0) is 6.92 Å². The summed E-state index contributed by atoms with van der Waals surface area (Å²) in [5, 5.41) is 8.44. The molecule has 3 nitrogen and oxygen atoms in total. The average molecular weight is 129 g/mol. The summed E-state index contributed by atoms with van der Waals surface area (Å²) in [6.07, 6.45) is 0.653. The number of rotatable bonds is 2. The minimum atomic E-state index is 0.0794. The standard InChI is InChI=1S/C6H11NO2/c1-5-4-6(9)7(5)2-3-8/h5,8H,2-4H2,1H3. The zero-order valence-electron chi connectivity index (χ0n) is 5.50. The van der Waals surface area contributed by atoms with E-state index < -0.39 is 0 Å². The van der Waals surface area contributed by atoms with E-state index in [1.165, 1.54) is 0 Å². The lowest BCUT2D eigenvalue weighted by molar-refractivity contribution is -0.145. The maximum atomic E-state index is 10.6. The van der Waals surface area contributed by atoms with Crippen molar-refractivity contribution in [2.75, 3.05) is 13.2 Å². The lowest BCUT2D eigenvalue weighted by Gasteiger charge is -2.37. The van der Waals surface area contributed by atoms with Gasteiger partial charge in [-0.25, -0.2) is 0 Å². The quantitative estimate of drug-likeness (QED) is 0.515. The van der Waals surface area contributed by atoms with Crippen LogP contribution in [0.2, 0.25) is 0 Å². The third-order valence-electron chi connectivity index (χ3n) is 1.66. The van der Waals surface area contributed by atoms with Gasteiger partial charge in [-0.15, -0.1) is 0 Å². The Morgan fingerprint density at radius 3 is 2.78 bits per heavy atom. The van der Waals surface area contributed by atoms with E-state index in [1.807, 2.05) is 6.92 Å². The summed E-state index contributed by atoms with van der Waals surface area (Å²) in [4.78, 5) is 12.3. The van der Waals surface area contributed by atoms with Gasteiger partial charge in [-0.1, -0.05) is 0 Å². The Morgan fingerprint density at radius 2 is 2.56 bits per heavy atom. The van der Waals surface area contributed by atoms with Gasteiger partial charge in [0.15, 0.2) is 0 Å². The molecule has 1 fully saturated rings. The molecular weight excluding hydrogens is 118 g/mol. The molecule has 0 aromatic rings. The van der Waals surface area contributed by atoms with E-state index in [0.717, 1.165) is 0 Å². The summed E-state index contributed by atoms with van der Waals surface area (Å²) >= 11 is 0. The molecule has 0 saturated carbocycles. The number of likely N-dealkylation sites (tertiary alicyclic amines) is 1. The van der Waals surface area contributed by atoms with E-state index in [9.17, 15) is 4.79 Å². The zero-order valence-corrected chi connectivity index (χ0v) is 5.50. The fourth-order valence-corrected chi connectivity index (χ4v) is 1.07. The van der Waals surface area contributed by atoms with Crippen LogP contribution in [-0.4, -0.2) is 35.1 Å². The molecule has 1 heterocycles. The van der Waals surface area contributed by atoms with Crippen molar-refractivity contribution in [3.05, 3.63) is 0 Å². The van der Waals surface area contributed by atoms with Crippen molar-refractivity contribution in [2.45, 2.75) is 19.4 Å². The van der Waals surface area contributed by atoms with E-state index in [-0.39, 0.29) is 12.5 Å². The monoisotopic (exact) mass is 129 g/mol. The molecule has 0 radical (unpaired) electrons. The largest absolute Gasteiger partial charge is 0.395 e. The number of hydrogen-bond acceptors (Lipinski definition) is 2. The molecular formula is C6H11NO2. The molecule has 1 saturated heterocycles. The number of aliphatic hydroxyl groups is 1. The molecule has 1 atom stereocenters. The Morgan fingerprint density at radius 1 is 1.89 bits per heavy atom. The zero-order chi connectivity index (χ0) is 6.85. The lowest BCUT2D eigenvalue weighted by Crippen LogP contribution is -2.51. The first-order valence-electron chi connectivity index (χ1n) is 3.16. The van der Waals surface area contributed by atoms with Crippen molar-refractivity contribution < 1.29 is 9.90 Å². The van der Waals surface area contributed by atoms with Gasteiger partial charge < -0.3 is 10.0 Å². The average Bonchev–Trinajstić information content (AvgIpc) is 1.84. The SMILES string of the molecule is CC1CC(=O)N1CCO. The summed E-state index contributed by atoms with van der Waals surface area (Å²) < 4.78 is 0. The number of carbonyl (C=O) groups is 1. The number of nitrogens with zero attached hydrogens (tertiary/aromatic N) is 1. The molecule has 0 bridgehead atoms. The highest BCUT2D eigenvalue weighted by molar-refractivity contribution is 5.82. The molecule has 1 aliphatic heterocycles. The van der Waals surface area contributed by atoms with Crippen LogP contribution in [0.1, 0.15) is 13.3 Å². The van der Waals surface area contributed by atoms with E-state index >= 15 is 0 Å². The van der Waals surface area contributed by atoms with E-state index in [2.05, 4.69) is 0 Å². The van der Waals surface area contributed by atoms with Crippen LogP contribution in [0.25, 0.3) is 0 Å². The highest BCUT2D eigenvalue weighted by atomic mass is 16.3. The predicted molar refractivity (Wildman–Crippen MR) is 32.9 cm³/mol. The van der Waals surface area contributed by atoms with Gasteiger partial charge in [-0.3, -0.25) is 4.79 Å². The van der Waals surface area contributed by atoms with Crippen LogP contribution in [0.15, 0.2) is 0 Å².